The highest BCUT2D eigenvalue weighted by molar-refractivity contribution is 5.79. The van der Waals surface area contributed by atoms with E-state index in [2.05, 4.69) is 10.6 Å². The first-order chi connectivity index (χ1) is 14.6. The van der Waals surface area contributed by atoms with Gasteiger partial charge in [0.25, 0.3) is 0 Å². The Hall–Kier alpha value is -3.60. The van der Waals surface area contributed by atoms with Gasteiger partial charge in [-0.25, -0.2) is 0 Å². The van der Waals surface area contributed by atoms with Crippen LogP contribution in [0, 0.1) is 0 Å². The molecule has 3 aromatic rings. The minimum atomic E-state index is -0.393. The molecule has 5 heteroatoms. The number of ether oxygens (including phenoxy) is 1. The van der Waals surface area contributed by atoms with Crippen LogP contribution >= 0.6 is 0 Å². The minimum Gasteiger partial charge on any atom is -0.497 e. The zero-order valence-corrected chi connectivity index (χ0v) is 17.2. The van der Waals surface area contributed by atoms with E-state index in [1.807, 2.05) is 84.9 Å². The Morgan fingerprint density at radius 1 is 0.767 bits per heavy atom. The van der Waals surface area contributed by atoms with E-state index in [4.69, 9.17) is 4.74 Å². The Morgan fingerprint density at radius 3 is 1.83 bits per heavy atom. The fraction of sp³-hybridized carbons (Fsp3) is 0.200. The molecule has 0 heterocycles. The van der Waals surface area contributed by atoms with E-state index in [-0.39, 0.29) is 24.3 Å². The standard InChI is InChI=1S/C25H26N2O3/c1-18(28)26-23(19-9-5-3-6-10-19)17-24(29)27-25(20-11-7-4-8-12-20)21-13-15-22(30-2)16-14-21/h3-16,23,25H,17H2,1-2H3,(H,26,28)(H,27,29). The monoisotopic (exact) mass is 402 g/mol. The van der Waals surface area contributed by atoms with Crippen molar-refractivity contribution in [2.45, 2.75) is 25.4 Å². The summed E-state index contributed by atoms with van der Waals surface area (Å²) < 4.78 is 5.25. The number of benzene rings is 3. The molecule has 0 aromatic heterocycles. The molecule has 30 heavy (non-hydrogen) atoms. The highest BCUT2D eigenvalue weighted by Crippen LogP contribution is 2.25. The topological polar surface area (TPSA) is 67.4 Å². The van der Waals surface area contributed by atoms with Gasteiger partial charge in [-0.05, 0) is 28.8 Å². The van der Waals surface area contributed by atoms with Gasteiger partial charge in [0.05, 0.1) is 25.6 Å². The summed E-state index contributed by atoms with van der Waals surface area (Å²) in [5.74, 6) is 0.431. The Balaban J connectivity index is 1.82. The van der Waals surface area contributed by atoms with Crippen LogP contribution in [0.25, 0.3) is 0 Å². The molecule has 0 radical (unpaired) electrons. The van der Waals surface area contributed by atoms with Gasteiger partial charge < -0.3 is 15.4 Å². The van der Waals surface area contributed by atoms with Gasteiger partial charge in [0.1, 0.15) is 5.75 Å². The van der Waals surface area contributed by atoms with Crippen molar-refractivity contribution in [3.05, 3.63) is 102 Å². The Labute approximate surface area is 177 Å². The molecule has 0 saturated heterocycles. The molecule has 0 bridgehead atoms. The van der Waals surface area contributed by atoms with Crippen molar-refractivity contribution in [1.82, 2.24) is 10.6 Å². The lowest BCUT2D eigenvalue weighted by Crippen LogP contribution is -2.34. The van der Waals surface area contributed by atoms with Gasteiger partial charge in [0, 0.05) is 6.92 Å². The van der Waals surface area contributed by atoms with Gasteiger partial charge in [-0.15, -0.1) is 0 Å². The fourth-order valence-electron chi connectivity index (χ4n) is 3.39. The average Bonchev–Trinajstić information content (AvgIpc) is 2.78. The van der Waals surface area contributed by atoms with Crippen molar-refractivity contribution >= 4 is 11.8 Å². The summed E-state index contributed by atoms with van der Waals surface area (Å²) in [7, 11) is 1.62. The summed E-state index contributed by atoms with van der Waals surface area (Å²) in [6.45, 7) is 1.46. The second kappa shape index (κ2) is 10.3. The molecule has 0 fully saturated rings. The van der Waals surface area contributed by atoms with Crippen molar-refractivity contribution < 1.29 is 14.3 Å². The molecule has 154 valence electrons. The lowest BCUT2D eigenvalue weighted by molar-refractivity contribution is -0.123. The Morgan fingerprint density at radius 2 is 1.30 bits per heavy atom. The normalized spacial score (nSPS) is 12.5. The van der Waals surface area contributed by atoms with Gasteiger partial charge in [-0.2, -0.15) is 0 Å². The number of amides is 2. The van der Waals surface area contributed by atoms with E-state index >= 15 is 0 Å². The van der Waals surface area contributed by atoms with Crippen molar-refractivity contribution in [1.29, 1.82) is 0 Å². The van der Waals surface area contributed by atoms with Gasteiger partial charge in [0.15, 0.2) is 0 Å². The molecular formula is C25H26N2O3. The maximum Gasteiger partial charge on any atom is 0.223 e. The van der Waals surface area contributed by atoms with Crippen molar-refractivity contribution in [3.63, 3.8) is 0 Å². The summed E-state index contributed by atoms with van der Waals surface area (Å²) >= 11 is 0. The molecule has 0 aliphatic rings. The van der Waals surface area contributed by atoms with E-state index in [1.54, 1.807) is 7.11 Å². The summed E-state index contributed by atoms with van der Waals surface area (Å²) in [4.78, 5) is 24.7. The van der Waals surface area contributed by atoms with E-state index in [9.17, 15) is 9.59 Å². The first kappa shape index (κ1) is 21.1. The molecule has 2 amide bonds. The molecule has 0 spiro atoms. The van der Waals surface area contributed by atoms with E-state index in [1.165, 1.54) is 6.92 Å². The molecule has 0 aliphatic carbocycles. The molecule has 5 nitrogen and oxygen atoms in total. The van der Waals surface area contributed by atoms with E-state index in [0.717, 1.165) is 22.4 Å². The fourth-order valence-corrected chi connectivity index (χ4v) is 3.39. The van der Waals surface area contributed by atoms with Crippen molar-refractivity contribution in [3.8, 4) is 5.75 Å². The number of hydrogen-bond donors (Lipinski definition) is 2. The van der Waals surface area contributed by atoms with Crippen LogP contribution in [0.2, 0.25) is 0 Å². The quantitative estimate of drug-likeness (QED) is 0.594. The number of hydrogen-bond acceptors (Lipinski definition) is 3. The van der Waals surface area contributed by atoms with Gasteiger partial charge in [0.2, 0.25) is 11.8 Å². The second-order valence-corrected chi connectivity index (χ2v) is 7.05. The summed E-state index contributed by atoms with van der Waals surface area (Å²) in [5, 5.41) is 6.01. The third-order valence-corrected chi connectivity index (χ3v) is 4.86. The average molecular weight is 402 g/mol. The van der Waals surface area contributed by atoms with E-state index in [0.29, 0.717) is 0 Å². The summed E-state index contributed by atoms with van der Waals surface area (Å²) in [6, 6.07) is 26.3. The SMILES string of the molecule is COc1ccc(C(NC(=O)CC(NC(C)=O)c2ccccc2)c2ccccc2)cc1. The Kier molecular flexibility index (Phi) is 7.22. The maximum atomic E-state index is 13.0. The molecule has 0 saturated carbocycles. The second-order valence-electron chi connectivity index (χ2n) is 7.05. The molecule has 3 rings (SSSR count). The number of rotatable bonds is 8. The molecular weight excluding hydrogens is 376 g/mol. The smallest absolute Gasteiger partial charge is 0.223 e. The molecule has 3 aromatic carbocycles. The number of carbonyl (C=O) groups is 2. The summed E-state index contributed by atoms with van der Waals surface area (Å²) in [5.41, 5.74) is 2.82. The van der Waals surface area contributed by atoms with Crippen molar-refractivity contribution in [2.24, 2.45) is 0 Å². The lowest BCUT2D eigenvalue weighted by atomic mass is 9.97. The van der Waals surface area contributed by atoms with Crippen LogP contribution in [0.4, 0.5) is 0 Å². The molecule has 2 N–H and O–H groups in total. The van der Waals surface area contributed by atoms with Crippen LogP contribution in [0.15, 0.2) is 84.9 Å². The zero-order valence-electron chi connectivity index (χ0n) is 17.2. The van der Waals surface area contributed by atoms with Crippen LogP contribution in [0.3, 0.4) is 0 Å². The molecule has 0 aliphatic heterocycles. The first-order valence-corrected chi connectivity index (χ1v) is 9.87. The van der Waals surface area contributed by atoms with Crippen LogP contribution in [-0.4, -0.2) is 18.9 Å². The minimum absolute atomic E-state index is 0.142. The lowest BCUT2D eigenvalue weighted by Gasteiger charge is -2.23. The highest BCUT2D eigenvalue weighted by atomic mass is 16.5. The van der Waals surface area contributed by atoms with Crippen LogP contribution < -0.4 is 15.4 Å². The van der Waals surface area contributed by atoms with Crippen LogP contribution in [-0.2, 0) is 9.59 Å². The van der Waals surface area contributed by atoms with Crippen LogP contribution in [0.5, 0.6) is 5.75 Å². The summed E-state index contributed by atoms with van der Waals surface area (Å²) in [6.07, 6.45) is 0.142. The zero-order chi connectivity index (χ0) is 21.3. The maximum absolute atomic E-state index is 13.0. The largest absolute Gasteiger partial charge is 0.497 e. The number of methoxy groups -OCH3 is 1. The van der Waals surface area contributed by atoms with Crippen molar-refractivity contribution in [2.75, 3.05) is 7.11 Å². The van der Waals surface area contributed by atoms with Gasteiger partial charge in [-0.1, -0.05) is 72.8 Å². The number of nitrogens with one attached hydrogen (secondary N) is 2. The Bertz CT molecular complexity index is 957. The molecule has 2 unspecified atom stereocenters. The predicted molar refractivity (Wildman–Crippen MR) is 117 cm³/mol. The van der Waals surface area contributed by atoms with Gasteiger partial charge in [-0.3, -0.25) is 9.59 Å². The van der Waals surface area contributed by atoms with Gasteiger partial charge >= 0.3 is 0 Å². The predicted octanol–water partition coefficient (Wildman–Crippen LogP) is 4.17. The van der Waals surface area contributed by atoms with E-state index < -0.39 is 6.04 Å². The molecule has 2 atom stereocenters. The number of carbonyl (C=O) groups excluding carboxylic acids is 2. The third kappa shape index (κ3) is 5.70. The third-order valence-electron chi connectivity index (χ3n) is 4.86. The van der Waals surface area contributed by atoms with Crippen LogP contribution in [0.1, 0.15) is 42.1 Å². The highest BCUT2D eigenvalue weighted by Gasteiger charge is 2.21. The first-order valence-electron chi connectivity index (χ1n) is 9.87.